The molecule has 0 aliphatic rings. The van der Waals surface area contributed by atoms with E-state index in [1.165, 1.54) is 20.3 Å². The number of aromatic nitrogens is 1. The predicted molar refractivity (Wildman–Crippen MR) is 54.6 cm³/mol. The lowest BCUT2D eigenvalue weighted by atomic mass is 10.2. The highest BCUT2D eigenvalue weighted by Crippen LogP contribution is 2.17. The summed E-state index contributed by atoms with van der Waals surface area (Å²) in [6, 6.07) is 3.46. The van der Waals surface area contributed by atoms with Crippen LogP contribution in [0.25, 0.3) is 0 Å². The van der Waals surface area contributed by atoms with Crippen LogP contribution < -0.4 is 0 Å². The maximum atomic E-state index is 11.8. The zero-order chi connectivity index (χ0) is 11.6. The summed E-state index contributed by atoms with van der Waals surface area (Å²) >= 11 is 0. The fourth-order valence-electron chi connectivity index (χ4n) is 1.04. The van der Waals surface area contributed by atoms with Crippen LogP contribution in [0.5, 0.6) is 0 Å². The van der Waals surface area contributed by atoms with E-state index >= 15 is 0 Å². The molecule has 0 atom stereocenters. The highest BCUT2D eigenvalue weighted by Gasteiger charge is 2.23. The Kier molecular flexibility index (Phi) is 3.07. The molecule has 0 saturated heterocycles. The van der Waals surface area contributed by atoms with Gasteiger partial charge in [0, 0.05) is 20.3 Å². The van der Waals surface area contributed by atoms with Gasteiger partial charge < -0.3 is 0 Å². The molecule has 80 valence electrons. The summed E-state index contributed by atoms with van der Waals surface area (Å²) in [6.45, 7) is 1.68. The lowest BCUT2D eigenvalue weighted by Crippen LogP contribution is -2.24. The average Bonchev–Trinajstić information content (AvgIpc) is 2.17. The van der Waals surface area contributed by atoms with Crippen molar-refractivity contribution >= 4 is 10.0 Å². The number of nitrogens with zero attached hydrogens (tertiary/aromatic N) is 3. The van der Waals surface area contributed by atoms with Crippen molar-refractivity contribution in [3.63, 3.8) is 0 Å². The molecule has 1 aromatic heterocycles. The first kappa shape index (κ1) is 11.6. The number of hydrogen-bond donors (Lipinski definition) is 0. The lowest BCUT2D eigenvalue weighted by Gasteiger charge is -2.12. The van der Waals surface area contributed by atoms with Gasteiger partial charge in [0.1, 0.15) is 6.07 Å². The normalized spacial score (nSPS) is 11.4. The Bertz CT molecular complexity index is 515. The van der Waals surface area contributed by atoms with Crippen molar-refractivity contribution in [2.24, 2.45) is 0 Å². The molecule has 0 saturated carbocycles. The highest BCUT2D eigenvalue weighted by molar-refractivity contribution is 7.89. The molecule has 15 heavy (non-hydrogen) atoms. The maximum Gasteiger partial charge on any atom is 0.261 e. The van der Waals surface area contributed by atoms with Crippen molar-refractivity contribution in [3.05, 3.63) is 23.4 Å². The fourth-order valence-corrected chi connectivity index (χ4v) is 2.04. The van der Waals surface area contributed by atoms with Crippen molar-refractivity contribution in [2.75, 3.05) is 14.1 Å². The van der Waals surface area contributed by atoms with Crippen LogP contribution in [-0.4, -0.2) is 31.8 Å². The zero-order valence-electron chi connectivity index (χ0n) is 8.72. The van der Waals surface area contributed by atoms with Crippen LogP contribution in [-0.2, 0) is 10.0 Å². The van der Waals surface area contributed by atoms with Crippen molar-refractivity contribution in [2.45, 2.75) is 11.9 Å². The Hall–Kier alpha value is -1.45. The molecule has 0 aliphatic carbocycles. The van der Waals surface area contributed by atoms with E-state index in [0.717, 1.165) is 4.31 Å². The summed E-state index contributed by atoms with van der Waals surface area (Å²) in [5.74, 6) is 0. The van der Waals surface area contributed by atoms with Crippen molar-refractivity contribution < 1.29 is 8.42 Å². The monoisotopic (exact) mass is 225 g/mol. The smallest absolute Gasteiger partial charge is 0.242 e. The van der Waals surface area contributed by atoms with Gasteiger partial charge in [-0.3, -0.25) is 0 Å². The standard InChI is InChI=1S/C9H11N3O2S/c1-7-4-5-11-9(8(7)6-10)15(13,14)12(2)3/h4-5H,1-3H3. The van der Waals surface area contributed by atoms with E-state index in [-0.39, 0.29) is 10.6 Å². The van der Waals surface area contributed by atoms with E-state index in [9.17, 15) is 8.42 Å². The second-order valence-corrected chi connectivity index (χ2v) is 5.27. The first-order valence-electron chi connectivity index (χ1n) is 4.19. The molecule has 0 unspecified atom stereocenters. The number of pyridine rings is 1. The van der Waals surface area contributed by atoms with Crippen LogP contribution >= 0.6 is 0 Å². The Morgan fingerprint density at radius 3 is 2.53 bits per heavy atom. The Morgan fingerprint density at radius 1 is 1.47 bits per heavy atom. The zero-order valence-corrected chi connectivity index (χ0v) is 9.54. The molecule has 5 nitrogen and oxygen atoms in total. The fraction of sp³-hybridized carbons (Fsp3) is 0.333. The number of sulfonamides is 1. The van der Waals surface area contributed by atoms with Crippen molar-refractivity contribution in [1.82, 2.24) is 9.29 Å². The van der Waals surface area contributed by atoms with Crippen LogP contribution in [0.2, 0.25) is 0 Å². The van der Waals surface area contributed by atoms with E-state index in [0.29, 0.717) is 5.56 Å². The highest BCUT2D eigenvalue weighted by atomic mass is 32.2. The molecular formula is C9H11N3O2S. The topological polar surface area (TPSA) is 74.1 Å². The minimum atomic E-state index is -3.64. The van der Waals surface area contributed by atoms with Gasteiger partial charge in [-0.1, -0.05) is 0 Å². The molecule has 1 aromatic rings. The summed E-state index contributed by atoms with van der Waals surface area (Å²) in [6.07, 6.45) is 1.38. The number of hydrogen-bond acceptors (Lipinski definition) is 4. The molecule has 0 bridgehead atoms. The van der Waals surface area contributed by atoms with Crippen LogP contribution in [0.15, 0.2) is 17.3 Å². The Morgan fingerprint density at radius 2 is 2.07 bits per heavy atom. The van der Waals surface area contributed by atoms with Gasteiger partial charge in [-0.15, -0.1) is 0 Å². The third-order valence-electron chi connectivity index (χ3n) is 1.96. The van der Waals surface area contributed by atoms with E-state index in [1.807, 2.05) is 6.07 Å². The summed E-state index contributed by atoms with van der Waals surface area (Å²) in [5.41, 5.74) is 0.708. The Balaban J connectivity index is 3.54. The number of rotatable bonds is 2. The van der Waals surface area contributed by atoms with E-state index in [1.54, 1.807) is 13.0 Å². The van der Waals surface area contributed by atoms with Gasteiger partial charge in [0.25, 0.3) is 10.0 Å². The molecule has 0 N–H and O–H groups in total. The molecule has 0 radical (unpaired) electrons. The van der Waals surface area contributed by atoms with E-state index in [4.69, 9.17) is 5.26 Å². The van der Waals surface area contributed by atoms with Crippen LogP contribution in [0.3, 0.4) is 0 Å². The molecule has 1 heterocycles. The molecule has 0 aromatic carbocycles. The van der Waals surface area contributed by atoms with Gasteiger partial charge in [-0.25, -0.2) is 17.7 Å². The third-order valence-corrected chi connectivity index (χ3v) is 3.72. The Labute approximate surface area is 89.0 Å². The second-order valence-electron chi connectivity index (χ2n) is 3.21. The van der Waals surface area contributed by atoms with E-state index in [2.05, 4.69) is 4.98 Å². The van der Waals surface area contributed by atoms with Crippen molar-refractivity contribution in [1.29, 1.82) is 5.26 Å². The largest absolute Gasteiger partial charge is 0.261 e. The minimum Gasteiger partial charge on any atom is -0.242 e. The van der Waals surface area contributed by atoms with Gasteiger partial charge >= 0.3 is 0 Å². The average molecular weight is 225 g/mol. The first-order valence-corrected chi connectivity index (χ1v) is 5.63. The van der Waals surface area contributed by atoms with Gasteiger partial charge in [0.05, 0.1) is 5.56 Å². The summed E-state index contributed by atoms with van der Waals surface area (Å²) < 4.78 is 24.6. The number of nitriles is 1. The van der Waals surface area contributed by atoms with Gasteiger partial charge in [-0.05, 0) is 18.6 Å². The molecule has 1 rings (SSSR count). The van der Waals surface area contributed by atoms with E-state index < -0.39 is 10.0 Å². The molecule has 6 heteroatoms. The second kappa shape index (κ2) is 3.96. The summed E-state index contributed by atoms with van der Waals surface area (Å²) in [7, 11) is -0.836. The van der Waals surface area contributed by atoms with Crippen LogP contribution in [0, 0.1) is 18.3 Å². The maximum absolute atomic E-state index is 11.8. The lowest BCUT2D eigenvalue weighted by molar-refractivity contribution is 0.516. The van der Waals surface area contributed by atoms with Crippen LogP contribution in [0.1, 0.15) is 11.1 Å². The molecular weight excluding hydrogens is 214 g/mol. The van der Waals surface area contributed by atoms with Crippen LogP contribution in [0.4, 0.5) is 0 Å². The third kappa shape index (κ3) is 1.98. The van der Waals surface area contributed by atoms with Crippen molar-refractivity contribution in [3.8, 4) is 6.07 Å². The quantitative estimate of drug-likeness (QED) is 0.735. The van der Waals surface area contributed by atoms with Gasteiger partial charge in [0.15, 0.2) is 5.03 Å². The summed E-state index contributed by atoms with van der Waals surface area (Å²) in [5, 5.41) is 8.69. The molecule has 0 aliphatic heterocycles. The van der Waals surface area contributed by atoms with Gasteiger partial charge in [-0.2, -0.15) is 5.26 Å². The summed E-state index contributed by atoms with van der Waals surface area (Å²) in [4.78, 5) is 3.75. The molecule has 0 fully saturated rings. The first-order chi connectivity index (χ1) is 6.91. The SMILES string of the molecule is Cc1ccnc(S(=O)(=O)N(C)C)c1C#N. The van der Waals surface area contributed by atoms with Gasteiger partial charge in [0.2, 0.25) is 0 Å². The minimum absolute atomic E-state index is 0.103. The molecule has 0 amide bonds. The predicted octanol–water partition coefficient (Wildman–Crippen LogP) is 0.512. The number of aryl methyl sites for hydroxylation is 1. The molecule has 0 spiro atoms.